The second kappa shape index (κ2) is 4.81. The molecule has 1 aromatic heterocycles. The van der Waals surface area contributed by atoms with Gasteiger partial charge in [-0.2, -0.15) is 0 Å². The van der Waals surface area contributed by atoms with Crippen molar-refractivity contribution in [1.82, 2.24) is 9.97 Å². The van der Waals surface area contributed by atoms with Gasteiger partial charge in [0.15, 0.2) is 5.78 Å². The zero-order valence-corrected chi connectivity index (χ0v) is 8.70. The van der Waals surface area contributed by atoms with Crippen LogP contribution in [0.3, 0.4) is 0 Å². The lowest BCUT2D eigenvalue weighted by atomic mass is 10.2. The van der Waals surface area contributed by atoms with Crippen LogP contribution in [0.4, 0.5) is 0 Å². The van der Waals surface area contributed by atoms with E-state index in [4.69, 9.17) is 4.74 Å². The summed E-state index contributed by atoms with van der Waals surface area (Å²) in [6, 6.07) is 1.82. The molecule has 4 nitrogen and oxygen atoms in total. The molecule has 0 atom stereocenters. The summed E-state index contributed by atoms with van der Waals surface area (Å²) in [5.74, 6) is 0.732. The minimum atomic E-state index is 0.0324. The Morgan fingerprint density at radius 2 is 2.14 bits per heavy atom. The number of rotatable bonds is 4. The number of nitrogens with zero attached hydrogens (tertiary/aromatic N) is 2. The molecule has 0 radical (unpaired) electrons. The number of hydrogen-bond acceptors (Lipinski definition) is 4. The van der Waals surface area contributed by atoms with Gasteiger partial charge in [0.2, 0.25) is 0 Å². The molecule has 0 unspecified atom stereocenters. The molecular weight excluding hydrogens is 180 g/mol. The molecule has 76 valence electrons. The van der Waals surface area contributed by atoms with E-state index in [9.17, 15) is 4.79 Å². The van der Waals surface area contributed by atoms with Gasteiger partial charge in [-0.15, -0.1) is 0 Å². The molecule has 0 aromatic carbocycles. The fourth-order valence-electron chi connectivity index (χ4n) is 1.30. The van der Waals surface area contributed by atoms with Crippen LogP contribution in [0.5, 0.6) is 0 Å². The van der Waals surface area contributed by atoms with Crippen LogP contribution in [0, 0.1) is 13.8 Å². The average molecular weight is 194 g/mol. The summed E-state index contributed by atoms with van der Waals surface area (Å²) < 4.78 is 4.74. The van der Waals surface area contributed by atoms with E-state index in [0.29, 0.717) is 12.2 Å². The molecule has 0 aliphatic heterocycles. The highest BCUT2D eigenvalue weighted by atomic mass is 16.5. The number of methoxy groups -OCH3 is 1. The molecule has 0 aliphatic carbocycles. The fraction of sp³-hybridized carbons (Fsp3) is 0.500. The van der Waals surface area contributed by atoms with Gasteiger partial charge in [0.1, 0.15) is 12.4 Å². The van der Waals surface area contributed by atoms with Crippen molar-refractivity contribution in [1.29, 1.82) is 0 Å². The van der Waals surface area contributed by atoms with Crippen LogP contribution in [-0.4, -0.2) is 29.5 Å². The number of ether oxygens (including phenoxy) is 1. The Balaban J connectivity index is 2.71. The fourth-order valence-corrected chi connectivity index (χ4v) is 1.30. The first-order valence-corrected chi connectivity index (χ1v) is 4.43. The molecule has 1 aromatic rings. The van der Waals surface area contributed by atoms with Crippen LogP contribution in [-0.2, 0) is 16.0 Å². The maximum absolute atomic E-state index is 11.2. The first-order chi connectivity index (χ1) is 6.61. The summed E-state index contributed by atoms with van der Waals surface area (Å²) in [5.41, 5.74) is 1.65. The van der Waals surface area contributed by atoms with Crippen LogP contribution in [0.25, 0.3) is 0 Å². The molecular formula is C10H14N2O2. The van der Waals surface area contributed by atoms with Crippen LogP contribution < -0.4 is 0 Å². The molecule has 4 heteroatoms. The highest BCUT2D eigenvalue weighted by molar-refractivity contribution is 5.81. The normalized spacial score (nSPS) is 10.2. The minimum absolute atomic E-state index is 0.0324. The van der Waals surface area contributed by atoms with Crippen molar-refractivity contribution in [3.63, 3.8) is 0 Å². The summed E-state index contributed by atoms with van der Waals surface area (Å²) >= 11 is 0. The van der Waals surface area contributed by atoms with E-state index in [0.717, 1.165) is 11.4 Å². The van der Waals surface area contributed by atoms with Gasteiger partial charge in [-0.05, 0) is 19.9 Å². The summed E-state index contributed by atoms with van der Waals surface area (Å²) in [4.78, 5) is 19.6. The summed E-state index contributed by atoms with van der Waals surface area (Å²) in [6.07, 6.45) is 0.318. The van der Waals surface area contributed by atoms with Crippen molar-refractivity contribution in [2.24, 2.45) is 0 Å². The lowest BCUT2D eigenvalue weighted by Gasteiger charge is -2.02. The number of carbonyl (C=O) groups excluding carboxylic acids is 1. The van der Waals surface area contributed by atoms with E-state index in [-0.39, 0.29) is 12.4 Å². The summed E-state index contributed by atoms with van der Waals surface area (Å²) in [7, 11) is 1.51. The Bertz CT molecular complexity index is 317. The Morgan fingerprint density at radius 1 is 1.43 bits per heavy atom. The third-order valence-corrected chi connectivity index (χ3v) is 1.70. The Hall–Kier alpha value is -1.29. The monoisotopic (exact) mass is 194 g/mol. The van der Waals surface area contributed by atoms with E-state index >= 15 is 0 Å². The molecule has 0 amide bonds. The number of carbonyl (C=O) groups is 1. The molecule has 0 saturated carbocycles. The number of ketones is 1. The maximum atomic E-state index is 11.2. The third-order valence-electron chi connectivity index (χ3n) is 1.70. The van der Waals surface area contributed by atoms with Gasteiger partial charge in [-0.3, -0.25) is 4.79 Å². The number of aromatic nitrogens is 2. The number of Topliss-reactive ketones (excluding diaryl/α,β-unsaturated/α-hetero) is 1. The highest BCUT2D eigenvalue weighted by Crippen LogP contribution is 2.01. The van der Waals surface area contributed by atoms with Crippen LogP contribution in [0.2, 0.25) is 0 Å². The first-order valence-electron chi connectivity index (χ1n) is 4.43. The standard InChI is InChI=1S/C10H14N2O2/c1-7-4-9(12-8(2)11-7)5-10(13)6-14-3/h4H,5-6H2,1-3H3. The van der Waals surface area contributed by atoms with Crippen molar-refractivity contribution in [3.05, 3.63) is 23.3 Å². The van der Waals surface area contributed by atoms with Crippen LogP contribution in [0.15, 0.2) is 6.07 Å². The van der Waals surface area contributed by atoms with Crippen LogP contribution in [0.1, 0.15) is 17.2 Å². The van der Waals surface area contributed by atoms with E-state index < -0.39 is 0 Å². The second-order valence-electron chi connectivity index (χ2n) is 3.20. The van der Waals surface area contributed by atoms with Gasteiger partial charge < -0.3 is 4.74 Å². The Kier molecular flexibility index (Phi) is 3.71. The molecule has 1 heterocycles. The smallest absolute Gasteiger partial charge is 0.164 e. The predicted octanol–water partition coefficient (Wildman–Crippen LogP) is 0.851. The van der Waals surface area contributed by atoms with Gasteiger partial charge in [0.25, 0.3) is 0 Å². The molecule has 14 heavy (non-hydrogen) atoms. The van der Waals surface area contributed by atoms with Crippen molar-refractivity contribution >= 4 is 5.78 Å². The zero-order valence-electron chi connectivity index (χ0n) is 8.70. The van der Waals surface area contributed by atoms with Gasteiger partial charge in [-0.1, -0.05) is 0 Å². The van der Waals surface area contributed by atoms with E-state index in [1.54, 1.807) is 0 Å². The van der Waals surface area contributed by atoms with E-state index in [1.807, 2.05) is 19.9 Å². The lowest BCUT2D eigenvalue weighted by Crippen LogP contribution is -2.11. The summed E-state index contributed by atoms with van der Waals surface area (Å²) in [6.45, 7) is 3.85. The maximum Gasteiger partial charge on any atom is 0.164 e. The van der Waals surface area contributed by atoms with E-state index in [2.05, 4.69) is 9.97 Å². The lowest BCUT2D eigenvalue weighted by molar-refractivity contribution is -0.122. The van der Waals surface area contributed by atoms with Crippen molar-refractivity contribution in [3.8, 4) is 0 Å². The Labute approximate surface area is 83.3 Å². The number of aryl methyl sites for hydroxylation is 2. The first kappa shape index (κ1) is 10.8. The highest BCUT2D eigenvalue weighted by Gasteiger charge is 2.05. The minimum Gasteiger partial charge on any atom is -0.377 e. The topological polar surface area (TPSA) is 52.1 Å². The Morgan fingerprint density at radius 3 is 2.71 bits per heavy atom. The van der Waals surface area contributed by atoms with Crippen molar-refractivity contribution in [2.45, 2.75) is 20.3 Å². The molecule has 0 fully saturated rings. The molecule has 1 rings (SSSR count). The van der Waals surface area contributed by atoms with Gasteiger partial charge in [0, 0.05) is 12.8 Å². The molecule has 0 bridgehead atoms. The molecule has 0 aliphatic rings. The average Bonchev–Trinajstić information content (AvgIpc) is 2.01. The zero-order chi connectivity index (χ0) is 10.6. The number of hydrogen-bond donors (Lipinski definition) is 0. The largest absolute Gasteiger partial charge is 0.377 e. The van der Waals surface area contributed by atoms with Crippen LogP contribution >= 0.6 is 0 Å². The van der Waals surface area contributed by atoms with Gasteiger partial charge in [0.05, 0.1) is 12.1 Å². The molecule has 0 saturated heterocycles. The molecule has 0 N–H and O–H groups in total. The summed E-state index contributed by atoms with van der Waals surface area (Å²) in [5, 5.41) is 0. The van der Waals surface area contributed by atoms with Crippen molar-refractivity contribution in [2.75, 3.05) is 13.7 Å². The SMILES string of the molecule is COCC(=O)Cc1cc(C)nc(C)n1. The second-order valence-corrected chi connectivity index (χ2v) is 3.20. The third kappa shape index (κ3) is 3.22. The predicted molar refractivity (Wildman–Crippen MR) is 52.1 cm³/mol. The van der Waals surface area contributed by atoms with Gasteiger partial charge in [-0.25, -0.2) is 9.97 Å². The van der Waals surface area contributed by atoms with Gasteiger partial charge >= 0.3 is 0 Å². The van der Waals surface area contributed by atoms with E-state index in [1.165, 1.54) is 7.11 Å². The quantitative estimate of drug-likeness (QED) is 0.713. The molecule has 0 spiro atoms. The van der Waals surface area contributed by atoms with Crippen molar-refractivity contribution < 1.29 is 9.53 Å².